The minimum absolute atomic E-state index is 0.00816. The van der Waals surface area contributed by atoms with Crippen molar-refractivity contribution in [3.8, 4) is 5.75 Å². The number of nitrogens with one attached hydrogen (secondary N) is 2. The Balaban J connectivity index is 1.91. The smallest absolute Gasteiger partial charge is 0.257 e. The SMILES string of the molecule is CNC(=O)COc1cccc(NCc2ccc(Br)cn2)c1. The minimum Gasteiger partial charge on any atom is -0.484 e. The number of hydrogen-bond acceptors (Lipinski definition) is 4. The van der Waals surface area contributed by atoms with E-state index in [2.05, 4.69) is 31.5 Å². The van der Waals surface area contributed by atoms with Crippen LogP contribution in [-0.4, -0.2) is 24.5 Å². The zero-order chi connectivity index (χ0) is 15.1. The molecule has 21 heavy (non-hydrogen) atoms. The number of amides is 1. The standard InChI is InChI=1S/C15H16BrN3O2/c1-17-15(20)10-21-14-4-2-3-12(7-14)19-9-13-6-5-11(16)8-18-13/h2-8,19H,9-10H2,1H3,(H,17,20). The Morgan fingerprint density at radius 3 is 2.90 bits per heavy atom. The second-order valence-corrected chi connectivity index (χ2v) is 5.23. The van der Waals surface area contributed by atoms with Crippen molar-refractivity contribution in [2.45, 2.75) is 6.54 Å². The zero-order valence-electron chi connectivity index (χ0n) is 11.6. The van der Waals surface area contributed by atoms with Crippen LogP contribution in [0, 0.1) is 0 Å². The van der Waals surface area contributed by atoms with E-state index in [-0.39, 0.29) is 12.5 Å². The van der Waals surface area contributed by atoms with Gasteiger partial charge in [0.1, 0.15) is 5.75 Å². The number of likely N-dealkylation sites (N-methyl/N-ethyl adjacent to an activating group) is 1. The van der Waals surface area contributed by atoms with Gasteiger partial charge in [0.05, 0.1) is 12.2 Å². The Hall–Kier alpha value is -2.08. The van der Waals surface area contributed by atoms with Crippen molar-refractivity contribution >= 4 is 27.5 Å². The Kier molecular flexibility index (Phi) is 5.57. The molecule has 0 atom stereocenters. The third kappa shape index (κ3) is 5.07. The molecule has 0 aliphatic rings. The Morgan fingerprint density at radius 1 is 1.33 bits per heavy atom. The summed E-state index contributed by atoms with van der Waals surface area (Å²) in [5, 5.41) is 5.77. The summed E-state index contributed by atoms with van der Waals surface area (Å²) in [7, 11) is 1.58. The summed E-state index contributed by atoms with van der Waals surface area (Å²) in [6.07, 6.45) is 1.76. The molecule has 0 spiro atoms. The average Bonchev–Trinajstić information content (AvgIpc) is 2.52. The van der Waals surface area contributed by atoms with E-state index >= 15 is 0 Å². The number of aromatic nitrogens is 1. The maximum absolute atomic E-state index is 11.1. The summed E-state index contributed by atoms with van der Waals surface area (Å²) in [6.45, 7) is 0.625. The summed E-state index contributed by atoms with van der Waals surface area (Å²) in [6, 6.07) is 11.4. The number of anilines is 1. The first-order chi connectivity index (χ1) is 10.2. The van der Waals surface area contributed by atoms with Gasteiger partial charge in [-0.2, -0.15) is 0 Å². The van der Waals surface area contributed by atoms with Crippen molar-refractivity contribution in [2.75, 3.05) is 19.0 Å². The van der Waals surface area contributed by atoms with Crippen molar-refractivity contribution in [1.29, 1.82) is 0 Å². The van der Waals surface area contributed by atoms with Crippen LogP contribution in [0.3, 0.4) is 0 Å². The summed E-state index contributed by atoms with van der Waals surface area (Å²) >= 11 is 3.35. The minimum atomic E-state index is -0.160. The number of carbonyl (C=O) groups is 1. The molecule has 1 aromatic carbocycles. The summed E-state index contributed by atoms with van der Waals surface area (Å²) in [5.41, 5.74) is 1.85. The molecule has 0 radical (unpaired) electrons. The monoisotopic (exact) mass is 349 g/mol. The maximum atomic E-state index is 11.1. The molecule has 0 unspecified atom stereocenters. The Labute approximate surface area is 131 Å². The van der Waals surface area contributed by atoms with Gasteiger partial charge in [0.2, 0.25) is 0 Å². The van der Waals surface area contributed by atoms with Gasteiger partial charge in [-0.25, -0.2) is 0 Å². The van der Waals surface area contributed by atoms with Gasteiger partial charge in [-0.15, -0.1) is 0 Å². The highest BCUT2D eigenvalue weighted by Crippen LogP contribution is 2.18. The van der Waals surface area contributed by atoms with E-state index in [0.29, 0.717) is 12.3 Å². The highest BCUT2D eigenvalue weighted by molar-refractivity contribution is 9.10. The molecule has 2 rings (SSSR count). The van der Waals surface area contributed by atoms with Crippen molar-refractivity contribution in [2.24, 2.45) is 0 Å². The van der Waals surface area contributed by atoms with Gasteiger partial charge >= 0.3 is 0 Å². The molecular formula is C15H16BrN3O2. The highest BCUT2D eigenvalue weighted by Gasteiger charge is 2.01. The second-order valence-electron chi connectivity index (χ2n) is 4.31. The Morgan fingerprint density at radius 2 is 2.19 bits per heavy atom. The van der Waals surface area contributed by atoms with E-state index in [1.54, 1.807) is 13.2 Å². The molecular weight excluding hydrogens is 334 g/mol. The van der Waals surface area contributed by atoms with Crippen LogP contribution in [-0.2, 0) is 11.3 Å². The van der Waals surface area contributed by atoms with Gasteiger partial charge in [-0.3, -0.25) is 9.78 Å². The van der Waals surface area contributed by atoms with Crippen LogP contribution < -0.4 is 15.4 Å². The molecule has 0 bridgehead atoms. The van der Waals surface area contributed by atoms with E-state index in [1.807, 2.05) is 36.4 Å². The lowest BCUT2D eigenvalue weighted by Gasteiger charge is -2.09. The van der Waals surface area contributed by atoms with E-state index < -0.39 is 0 Å². The molecule has 2 aromatic rings. The molecule has 6 heteroatoms. The molecule has 1 amide bonds. The van der Waals surface area contributed by atoms with Crippen LogP contribution in [0.1, 0.15) is 5.69 Å². The first kappa shape index (κ1) is 15.3. The quantitative estimate of drug-likeness (QED) is 0.841. The van der Waals surface area contributed by atoms with Gasteiger partial charge in [0, 0.05) is 29.5 Å². The predicted molar refractivity (Wildman–Crippen MR) is 85.3 cm³/mol. The molecule has 5 nitrogen and oxygen atoms in total. The van der Waals surface area contributed by atoms with E-state index in [1.165, 1.54) is 0 Å². The maximum Gasteiger partial charge on any atom is 0.257 e. The molecule has 0 fully saturated rings. The molecule has 1 heterocycles. The fraction of sp³-hybridized carbons (Fsp3) is 0.200. The lowest BCUT2D eigenvalue weighted by molar-refractivity contribution is -0.122. The van der Waals surface area contributed by atoms with Crippen LogP contribution in [0.15, 0.2) is 47.1 Å². The number of rotatable bonds is 6. The first-order valence-corrected chi connectivity index (χ1v) is 7.24. The normalized spacial score (nSPS) is 10.0. The number of carbonyl (C=O) groups excluding carboxylic acids is 1. The number of nitrogens with zero attached hydrogens (tertiary/aromatic N) is 1. The number of benzene rings is 1. The van der Waals surface area contributed by atoms with Crippen molar-refractivity contribution in [3.63, 3.8) is 0 Å². The molecule has 0 saturated carbocycles. The number of halogens is 1. The van der Waals surface area contributed by atoms with Crippen LogP contribution >= 0.6 is 15.9 Å². The van der Waals surface area contributed by atoms with Crippen molar-refractivity contribution in [3.05, 3.63) is 52.8 Å². The molecule has 0 aliphatic heterocycles. The predicted octanol–water partition coefficient (Wildman–Crippen LogP) is 2.58. The molecule has 0 saturated heterocycles. The third-order valence-electron chi connectivity index (χ3n) is 2.75. The third-order valence-corrected chi connectivity index (χ3v) is 3.21. The second kappa shape index (κ2) is 7.64. The molecule has 2 N–H and O–H groups in total. The van der Waals surface area contributed by atoms with Crippen molar-refractivity contribution in [1.82, 2.24) is 10.3 Å². The Bertz CT molecular complexity index is 602. The van der Waals surface area contributed by atoms with Gasteiger partial charge in [-0.1, -0.05) is 6.07 Å². The highest BCUT2D eigenvalue weighted by atomic mass is 79.9. The lowest BCUT2D eigenvalue weighted by atomic mass is 10.3. The van der Waals surface area contributed by atoms with Crippen molar-refractivity contribution < 1.29 is 9.53 Å². The number of ether oxygens (including phenoxy) is 1. The lowest BCUT2D eigenvalue weighted by Crippen LogP contribution is -2.24. The van der Waals surface area contributed by atoms with E-state index in [0.717, 1.165) is 15.9 Å². The zero-order valence-corrected chi connectivity index (χ0v) is 13.2. The fourth-order valence-electron chi connectivity index (χ4n) is 1.62. The van der Waals surface area contributed by atoms with Crippen LogP contribution in [0.4, 0.5) is 5.69 Å². The summed E-state index contributed by atoms with van der Waals surface area (Å²) in [4.78, 5) is 15.4. The summed E-state index contributed by atoms with van der Waals surface area (Å²) < 4.78 is 6.35. The van der Waals surface area contributed by atoms with Crippen LogP contribution in [0.25, 0.3) is 0 Å². The summed E-state index contributed by atoms with van der Waals surface area (Å²) in [5.74, 6) is 0.486. The topological polar surface area (TPSA) is 63.2 Å². The molecule has 1 aromatic heterocycles. The van der Waals surface area contributed by atoms with E-state index in [4.69, 9.17) is 4.74 Å². The molecule has 0 aliphatic carbocycles. The van der Waals surface area contributed by atoms with Gasteiger partial charge in [-0.05, 0) is 40.2 Å². The number of hydrogen-bond donors (Lipinski definition) is 2. The van der Waals surface area contributed by atoms with E-state index in [9.17, 15) is 4.79 Å². The largest absolute Gasteiger partial charge is 0.484 e. The molecule has 110 valence electrons. The first-order valence-electron chi connectivity index (χ1n) is 6.45. The van der Waals surface area contributed by atoms with Gasteiger partial charge < -0.3 is 15.4 Å². The van der Waals surface area contributed by atoms with Crippen LogP contribution in [0.2, 0.25) is 0 Å². The van der Waals surface area contributed by atoms with Gasteiger partial charge in [0.25, 0.3) is 5.91 Å². The van der Waals surface area contributed by atoms with Crippen LogP contribution in [0.5, 0.6) is 5.75 Å². The van der Waals surface area contributed by atoms with Gasteiger partial charge in [0.15, 0.2) is 6.61 Å². The fourth-order valence-corrected chi connectivity index (χ4v) is 1.86. The average molecular weight is 350 g/mol. The number of pyridine rings is 1.